The number of benzene rings is 1. The van der Waals surface area contributed by atoms with Gasteiger partial charge in [0.15, 0.2) is 0 Å². The molecule has 0 aliphatic heterocycles. The van der Waals surface area contributed by atoms with E-state index in [1.54, 1.807) is 6.92 Å². The highest BCUT2D eigenvalue weighted by Gasteiger charge is 2.06. The second-order valence-corrected chi connectivity index (χ2v) is 3.86. The number of carbonyl (C=O) groups excluding carboxylic acids is 1. The van der Waals surface area contributed by atoms with Crippen molar-refractivity contribution in [2.75, 3.05) is 6.61 Å². The fraction of sp³-hybridized carbons (Fsp3) is 0.462. The summed E-state index contributed by atoms with van der Waals surface area (Å²) in [5, 5.41) is 8.96. The van der Waals surface area contributed by atoms with Crippen LogP contribution in [-0.4, -0.2) is 23.8 Å². The third kappa shape index (κ3) is 5.51. The molecule has 1 atom stereocenters. The second kappa shape index (κ2) is 7.01. The van der Waals surface area contributed by atoms with E-state index in [-0.39, 0.29) is 12.4 Å². The van der Waals surface area contributed by atoms with Gasteiger partial charge in [-0.25, -0.2) is 0 Å². The topological polar surface area (TPSA) is 46.5 Å². The normalized spacial score (nSPS) is 12.1. The van der Waals surface area contributed by atoms with Crippen molar-refractivity contribution in [3.8, 4) is 0 Å². The van der Waals surface area contributed by atoms with Gasteiger partial charge in [-0.1, -0.05) is 30.3 Å². The Morgan fingerprint density at radius 3 is 2.69 bits per heavy atom. The van der Waals surface area contributed by atoms with Gasteiger partial charge in [0.05, 0.1) is 19.1 Å². The van der Waals surface area contributed by atoms with Crippen molar-refractivity contribution in [2.24, 2.45) is 0 Å². The molecule has 0 aliphatic carbocycles. The number of aliphatic hydroxyl groups is 1. The van der Waals surface area contributed by atoms with E-state index < -0.39 is 6.10 Å². The van der Waals surface area contributed by atoms with Crippen molar-refractivity contribution >= 4 is 5.97 Å². The van der Waals surface area contributed by atoms with Crippen molar-refractivity contribution in [1.82, 2.24) is 0 Å². The van der Waals surface area contributed by atoms with Crippen molar-refractivity contribution in [1.29, 1.82) is 0 Å². The second-order valence-electron chi connectivity index (χ2n) is 3.86. The van der Waals surface area contributed by atoms with Crippen LogP contribution >= 0.6 is 0 Å². The van der Waals surface area contributed by atoms with Gasteiger partial charge in [-0.15, -0.1) is 0 Å². The number of aryl methyl sites for hydroxylation is 1. The molecule has 0 saturated carbocycles. The molecule has 0 saturated heterocycles. The minimum Gasteiger partial charge on any atom is -0.466 e. The Hall–Kier alpha value is -1.35. The maximum atomic E-state index is 11.1. The number of aliphatic hydroxyl groups excluding tert-OH is 1. The van der Waals surface area contributed by atoms with Crippen LogP contribution < -0.4 is 0 Å². The summed E-state index contributed by atoms with van der Waals surface area (Å²) in [5.74, 6) is -0.330. The van der Waals surface area contributed by atoms with Gasteiger partial charge in [-0.05, 0) is 25.3 Å². The van der Waals surface area contributed by atoms with Gasteiger partial charge in [0.2, 0.25) is 0 Å². The number of esters is 1. The molecule has 1 N–H and O–H groups in total. The molecule has 0 heterocycles. The Bertz CT molecular complexity index is 306. The van der Waals surface area contributed by atoms with Crippen LogP contribution in [0.3, 0.4) is 0 Å². The molecule has 0 spiro atoms. The van der Waals surface area contributed by atoms with E-state index in [1.807, 2.05) is 18.2 Å². The van der Waals surface area contributed by atoms with Gasteiger partial charge in [0.25, 0.3) is 0 Å². The molecule has 0 fully saturated rings. The third-order valence-electron chi connectivity index (χ3n) is 2.18. The van der Waals surface area contributed by atoms with Crippen LogP contribution in [0.25, 0.3) is 0 Å². The highest BCUT2D eigenvalue weighted by Crippen LogP contribution is 2.03. The molecule has 1 aromatic rings. The average Bonchev–Trinajstić information content (AvgIpc) is 2.25. The molecule has 0 aromatic heterocycles. The van der Waals surface area contributed by atoms with Gasteiger partial charge in [0.1, 0.15) is 0 Å². The summed E-state index contributed by atoms with van der Waals surface area (Å²) in [4.78, 5) is 11.1. The van der Waals surface area contributed by atoms with E-state index in [4.69, 9.17) is 9.84 Å². The zero-order valence-electron chi connectivity index (χ0n) is 9.56. The van der Waals surface area contributed by atoms with Gasteiger partial charge >= 0.3 is 5.97 Å². The van der Waals surface area contributed by atoms with Crippen LogP contribution in [0.2, 0.25) is 0 Å². The highest BCUT2D eigenvalue weighted by molar-refractivity contribution is 5.69. The van der Waals surface area contributed by atoms with Crippen LogP contribution in [0.15, 0.2) is 30.3 Å². The summed E-state index contributed by atoms with van der Waals surface area (Å²) in [6, 6.07) is 10.1. The molecule has 0 bridgehead atoms. The van der Waals surface area contributed by atoms with Gasteiger partial charge < -0.3 is 9.84 Å². The standard InChI is InChI=1S/C13H18O3/c1-11(14)10-13(15)16-9-5-8-12-6-3-2-4-7-12/h2-4,6-7,11,14H,5,8-10H2,1H3. The Balaban J connectivity index is 2.10. The first-order chi connectivity index (χ1) is 7.68. The summed E-state index contributed by atoms with van der Waals surface area (Å²) in [6.07, 6.45) is 1.17. The van der Waals surface area contributed by atoms with E-state index >= 15 is 0 Å². The molecule has 1 aromatic carbocycles. The lowest BCUT2D eigenvalue weighted by Gasteiger charge is -2.06. The number of hydrogen-bond donors (Lipinski definition) is 1. The molecule has 0 radical (unpaired) electrons. The predicted molar refractivity (Wildman–Crippen MR) is 62.0 cm³/mol. The molecule has 3 heteroatoms. The number of rotatable bonds is 6. The third-order valence-corrected chi connectivity index (χ3v) is 2.18. The van der Waals surface area contributed by atoms with E-state index in [0.29, 0.717) is 6.61 Å². The molecular formula is C13H18O3. The number of hydrogen-bond acceptors (Lipinski definition) is 3. The maximum Gasteiger partial charge on any atom is 0.308 e. The van der Waals surface area contributed by atoms with E-state index in [9.17, 15) is 4.79 Å². The number of carbonyl (C=O) groups is 1. The molecule has 0 aliphatic rings. The summed E-state index contributed by atoms with van der Waals surface area (Å²) < 4.78 is 4.98. The highest BCUT2D eigenvalue weighted by atomic mass is 16.5. The lowest BCUT2D eigenvalue weighted by molar-refractivity contribution is -0.145. The van der Waals surface area contributed by atoms with E-state index in [0.717, 1.165) is 12.8 Å². The smallest absolute Gasteiger partial charge is 0.308 e. The molecular weight excluding hydrogens is 204 g/mol. The first-order valence-electron chi connectivity index (χ1n) is 5.56. The van der Waals surface area contributed by atoms with Crippen LogP contribution in [0.1, 0.15) is 25.3 Å². The Kier molecular flexibility index (Phi) is 5.57. The molecule has 3 nitrogen and oxygen atoms in total. The largest absolute Gasteiger partial charge is 0.466 e. The van der Waals surface area contributed by atoms with Crippen molar-refractivity contribution in [2.45, 2.75) is 32.3 Å². The first kappa shape index (κ1) is 12.7. The molecule has 1 unspecified atom stereocenters. The SMILES string of the molecule is CC(O)CC(=O)OCCCc1ccccc1. The van der Waals surface area contributed by atoms with Crippen LogP contribution in [0, 0.1) is 0 Å². The van der Waals surface area contributed by atoms with E-state index in [1.165, 1.54) is 5.56 Å². The Morgan fingerprint density at radius 1 is 1.38 bits per heavy atom. The van der Waals surface area contributed by atoms with Crippen molar-refractivity contribution in [3.05, 3.63) is 35.9 Å². The fourth-order valence-corrected chi connectivity index (χ4v) is 1.41. The quantitative estimate of drug-likeness (QED) is 0.591. The van der Waals surface area contributed by atoms with Crippen LogP contribution in [0.4, 0.5) is 0 Å². The van der Waals surface area contributed by atoms with Crippen molar-refractivity contribution in [3.63, 3.8) is 0 Å². The monoisotopic (exact) mass is 222 g/mol. The minimum atomic E-state index is -0.623. The Labute approximate surface area is 96.1 Å². The zero-order chi connectivity index (χ0) is 11.8. The first-order valence-corrected chi connectivity index (χ1v) is 5.56. The van der Waals surface area contributed by atoms with Crippen LogP contribution in [0.5, 0.6) is 0 Å². The van der Waals surface area contributed by atoms with Gasteiger partial charge in [-0.2, -0.15) is 0 Å². The summed E-state index contributed by atoms with van der Waals surface area (Å²) in [7, 11) is 0. The lowest BCUT2D eigenvalue weighted by atomic mass is 10.1. The van der Waals surface area contributed by atoms with Crippen molar-refractivity contribution < 1.29 is 14.6 Å². The summed E-state index contributed by atoms with van der Waals surface area (Å²) in [5.41, 5.74) is 1.24. The van der Waals surface area contributed by atoms with Crippen LogP contribution in [-0.2, 0) is 16.0 Å². The number of ether oxygens (including phenoxy) is 1. The summed E-state index contributed by atoms with van der Waals surface area (Å²) >= 11 is 0. The lowest BCUT2D eigenvalue weighted by Crippen LogP contribution is -2.13. The molecule has 16 heavy (non-hydrogen) atoms. The molecule has 1 rings (SSSR count). The average molecular weight is 222 g/mol. The molecule has 0 amide bonds. The van der Waals surface area contributed by atoms with Gasteiger partial charge in [-0.3, -0.25) is 4.79 Å². The predicted octanol–water partition coefficient (Wildman–Crippen LogP) is 1.93. The fourth-order valence-electron chi connectivity index (χ4n) is 1.41. The van der Waals surface area contributed by atoms with E-state index in [2.05, 4.69) is 12.1 Å². The minimum absolute atomic E-state index is 0.0747. The van der Waals surface area contributed by atoms with Gasteiger partial charge in [0, 0.05) is 0 Å². The maximum absolute atomic E-state index is 11.1. The zero-order valence-corrected chi connectivity index (χ0v) is 9.56. The summed E-state index contributed by atoms with van der Waals surface area (Å²) in [6.45, 7) is 1.99. The Morgan fingerprint density at radius 2 is 2.06 bits per heavy atom. The molecule has 88 valence electrons.